The lowest BCUT2D eigenvalue weighted by atomic mass is 10.8. The highest BCUT2D eigenvalue weighted by Crippen LogP contribution is 2.01. The van der Waals surface area contributed by atoms with Crippen LogP contribution in [0.5, 0.6) is 0 Å². The normalized spacial score (nSPS) is 10.3. The Morgan fingerprint density at radius 3 is 1.16 bits per heavy atom. The van der Waals surface area contributed by atoms with E-state index in [1.807, 2.05) is 81.2 Å². The molecule has 0 aromatic carbocycles. The highest BCUT2D eigenvalue weighted by Gasteiger charge is 2.12. The van der Waals surface area contributed by atoms with Crippen molar-refractivity contribution in [3.05, 3.63) is 24.8 Å². The monoisotopic (exact) mass is 376 g/mol. The van der Waals surface area contributed by atoms with Crippen molar-refractivity contribution < 1.29 is 26.7 Å². The molecule has 0 fully saturated rings. The molecule has 2 aromatic heterocycles. The summed E-state index contributed by atoms with van der Waals surface area (Å²) >= 11 is 0. The molecular formula is C14H28N6O4S. The molecule has 0 N–H and O–H groups in total. The summed E-state index contributed by atoms with van der Waals surface area (Å²) in [6, 6.07) is 0. The standard InChI is InChI=1S/2C7H14N3.H2O4S/c2*1-8(2)7-9(3)5-6-10(7)4;1-5(2,3)4/h2*5-6H,1-4H3;(H2,1,2,3,4)/q2*+1;/p-2. The molecule has 10 nitrogen and oxygen atoms in total. The van der Waals surface area contributed by atoms with Crippen molar-refractivity contribution in [2.24, 2.45) is 28.2 Å². The zero-order valence-corrected chi connectivity index (χ0v) is 16.9. The Morgan fingerprint density at radius 1 is 0.840 bits per heavy atom. The van der Waals surface area contributed by atoms with Crippen molar-refractivity contribution in [3.63, 3.8) is 0 Å². The molecule has 144 valence electrons. The van der Waals surface area contributed by atoms with Crippen molar-refractivity contribution in [2.75, 3.05) is 38.0 Å². The van der Waals surface area contributed by atoms with Gasteiger partial charge in [0.15, 0.2) is 0 Å². The summed E-state index contributed by atoms with van der Waals surface area (Å²) in [4.78, 5) is 4.17. The first-order valence-corrected chi connectivity index (χ1v) is 8.62. The largest absolute Gasteiger partial charge is 0.759 e. The third kappa shape index (κ3) is 8.52. The van der Waals surface area contributed by atoms with Crippen LogP contribution in [0.1, 0.15) is 0 Å². The number of nitrogens with zero attached hydrogens (tertiary/aromatic N) is 6. The van der Waals surface area contributed by atoms with Crippen LogP contribution in [0.15, 0.2) is 24.8 Å². The Hall–Kier alpha value is -2.11. The van der Waals surface area contributed by atoms with Gasteiger partial charge in [0.2, 0.25) is 0 Å². The van der Waals surface area contributed by atoms with Crippen LogP contribution in [0.25, 0.3) is 0 Å². The van der Waals surface area contributed by atoms with E-state index in [0.29, 0.717) is 0 Å². The second-order valence-electron chi connectivity index (χ2n) is 5.84. The van der Waals surface area contributed by atoms with E-state index in [9.17, 15) is 0 Å². The first-order chi connectivity index (χ1) is 11.3. The van der Waals surface area contributed by atoms with Gasteiger partial charge in [-0.05, 0) is 0 Å². The number of aromatic nitrogens is 4. The van der Waals surface area contributed by atoms with Crippen molar-refractivity contribution >= 4 is 22.3 Å². The van der Waals surface area contributed by atoms with Gasteiger partial charge in [0.05, 0.1) is 81.2 Å². The van der Waals surface area contributed by atoms with Crippen LogP contribution in [0.2, 0.25) is 0 Å². The summed E-state index contributed by atoms with van der Waals surface area (Å²) in [7, 11) is 11.1. The van der Waals surface area contributed by atoms with E-state index in [-0.39, 0.29) is 0 Å². The van der Waals surface area contributed by atoms with E-state index in [2.05, 4.69) is 28.1 Å². The Bertz CT molecular complexity index is 667. The minimum atomic E-state index is -5.17. The predicted molar refractivity (Wildman–Crippen MR) is 92.3 cm³/mol. The molecule has 2 rings (SSSR count). The first-order valence-electron chi connectivity index (χ1n) is 7.29. The molecular weight excluding hydrogens is 348 g/mol. The lowest BCUT2D eigenvalue weighted by molar-refractivity contribution is -0.657. The first kappa shape index (κ1) is 22.9. The van der Waals surface area contributed by atoms with Gasteiger partial charge in [-0.3, -0.25) is 18.2 Å². The third-order valence-corrected chi connectivity index (χ3v) is 3.09. The number of hydrogen-bond donors (Lipinski definition) is 0. The second kappa shape index (κ2) is 9.39. The smallest absolute Gasteiger partial charge is 0.358 e. The van der Waals surface area contributed by atoms with Crippen LogP contribution in [0.4, 0.5) is 11.9 Å². The van der Waals surface area contributed by atoms with Gasteiger partial charge in [0.1, 0.15) is 0 Å². The molecule has 0 radical (unpaired) electrons. The van der Waals surface area contributed by atoms with Crippen molar-refractivity contribution in [1.29, 1.82) is 0 Å². The maximum Gasteiger partial charge on any atom is 0.358 e. The Labute approximate surface area is 149 Å². The molecule has 0 bridgehead atoms. The zero-order chi connectivity index (χ0) is 19.9. The van der Waals surface area contributed by atoms with E-state index in [1.54, 1.807) is 0 Å². The number of rotatable bonds is 2. The van der Waals surface area contributed by atoms with E-state index in [0.717, 1.165) is 0 Å². The maximum atomic E-state index is 8.52. The number of hydrogen-bond acceptors (Lipinski definition) is 6. The molecule has 0 amide bonds. The summed E-state index contributed by atoms with van der Waals surface area (Å²) in [6.07, 6.45) is 8.15. The summed E-state index contributed by atoms with van der Waals surface area (Å²) in [5.74, 6) is 2.39. The molecule has 0 aliphatic carbocycles. The van der Waals surface area contributed by atoms with Gasteiger partial charge in [-0.1, -0.05) is 0 Å². The van der Waals surface area contributed by atoms with Crippen LogP contribution in [0.3, 0.4) is 0 Å². The SMILES string of the molecule is CN(C)c1n(C)cc[n+]1C.CN(C)c1n(C)cc[n+]1C.O=S(=O)([O-])[O-]. The van der Waals surface area contributed by atoms with E-state index >= 15 is 0 Å². The van der Waals surface area contributed by atoms with Crippen molar-refractivity contribution in [3.8, 4) is 0 Å². The molecule has 11 heteroatoms. The summed E-state index contributed by atoms with van der Waals surface area (Å²) in [5.41, 5.74) is 0. The molecule has 0 saturated carbocycles. The quantitative estimate of drug-likeness (QED) is 0.359. The summed E-state index contributed by atoms with van der Waals surface area (Å²) < 4.78 is 42.4. The molecule has 0 aliphatic rings. The highest BCUT2D eigenvalue weighted by molar-refractivity contribution is 7.79. The molecule has 25 heavy (non-hydrogen) atoms. The van der Waals surface area contributed by atoms with Gasteiger partial charge in [-0.2, -0.15) is 0 Å². The number of aryl methyl sites for hydroxylation is 4. The fraction of sp³-hybridized carbons (Fsp3) is 0.571. The minimum absolute atomic E-state index is 1.19. The molecule has 0 aliphatic heterocycles. The minimum Gasteiger partial charge on any atom is -0.759 e. The third-order valence-electron chi connectivity index (χ3n) is 3.09. The fourth-order valence-electron chi connectivity index (χ4n) is 2.43. The average molecular weight is 376 g/mol. The van der Waals surface area contributed by atoms with Gasteiger partial charge in [0.25, 0.3) is 0 Å². The van der Waals surface area contributed by atoms with Crippen molar-refractivity contribution in [2.45, 2.75) is 0 Å². The number of anilines is 2. The van der Waals surface area contributed by atoms with Gasteiger partial charge in [-0.15, -0.1) is 0 Å². The van der Waals surface area contributed by atoms with Gasteiger partial charge in [-0.25, -0.2) is 18.3 Å². The highest BCUT2D eigenvalue weighted by atomic mass is 32.3. The predicted octanol–water partition coefficient (Wildman–Crippen LogP) is -1.51. The Kier molecular flexibility index (Phi) is 8.60. The number of imidazole rings is 2. The maximum absolute atomic E-state index is 8.52. The van der Waals surface area contributed by atoms with Gasteiger partial charge < -0.3 is 9.11 Å². The lowest BCUT2D eigenvalue weighted by Gasteiger charge is -2.06. The zero-order valence-electron chi connectivity index (χ0n) is 16.0. The van der Waals surface area contributed by atoms with Crippen molar-refractivity contribution in [1.82, 2.24) is 9.13 Å². The molecule has 0 saturated heterocycles. The second-order valence-corrected chi connectivity index (χ2v) is 6.65. The van der Waals surface area contributed by atoms with E-state index < -0.39 is 10.4 Å². The van der Waals surface area contributed by atoms with Crippen LogP contribution in [0, 0.1) is 0 Å². The fourth-order valence-corrected chi connectivity index (χ4v) is 2.43. The van der Waals surface area contributed by atoms with E-state index in [1.165, 1.54) is 11.9 Å². The lowest BCUT2D eigenvalue weighted by Crippen LogP contribution is -2.34. The molecule has 2 heterocycles. The van der Waals surface area contributed by atoms with Gasteiger partial charge >= 0.3 is 11.9 Å². The molecule has 0 spiro atoms. The summed E-state index contributed by atoms with van der Waals surface area (Å²) in [5, 5.41) is 0. The summed E-state index contributed by atoms with van der Waals surface area (Å²) in [6.45, 7) is 0. The van der Waals surface area contributed by atoms with Crippen LogP contribution in [-0.2, 0) is 38.6 Å². The Morgan fingerprint density at radius 2 is 1.08 bits per heavy atom. The van der Waals surface area contributed by atoms with Gasteiger partial charge in [0, 0.05) is 10.4 Å². The molecule has 0 unspecified atom stereocenters. The topological polar surface area (TPSA) is 104 Å². The molecule has 2 aromatic rings. The van der Waals surface area contributed by atoms with Crippen LogP contribution >= 0.6 is 0 Å². The molecule has 0 atom stereocenters. The van der Waals surface area contributed by atoms with E-state index in [4.69, 9.17) is 17.5 Å². The average Bonchev–Trinajstić information content (AvgIpc) is 2.91. The van der Waals surface area contributed by atoms with Crippen LogP contribution < -0.4 is 18.9 Å². The van der Waals surface area contributed by atoms with Crippen LogP contribution in [-0.4, -0.2) is 54.8 Å². The Balaban J connectivity index is 0.000000368.